The van der Waals surface area contributed by atoms with E-state index >= 15 is 0 Å². The van der Waals surface area contributed by atoms with Gasteiger partial charge < -0.3 is 10.2 Å². The Morgan fingerprint density at radius 1 is 0.919 bits per heavy atom. The number of amides is 2. The Balaban J connectivity index is 2.03. The molecular weight excluding hydrogens is 510 g/mol. The summed E-state index contributed by atoms with van der Waals surface area (Å²) in [6.45, 7) is 6.67. The van der Waals surface area contributed by atoms with E-state index in [0.717, 1.165) is 9.87 Å². The molecule has 0 aliphatic carbocycles. The van der Waals surface area contributed by atoms with Crippen molar-refractivity contribution in [3.8, 4) is 0 Å². The molecule has 3 rings (SSSR count). The summed E-state index contributed by atoms with van der Waals surface area (Å²) in [6, 6.07) is 21.0. The van der Waals surface area contributed by atoms with Crippen LogP contribution in [0, 0.1) is 6.92 Å². The van der Waals surface area contributed by atoms with Gasteiger partial charge in [-0.15, -0.1) is 0 Å². The zero-order chi connectivity index (χ0) is 27.2. The third-order valence-electron chi connectivity index (χ3n) is 5.80. The molecule has 2 amide bonds. The molecule has 0 bridgehead atoms. The predicted molar refractivity (Wildman–Crippen MR) is 147 cm³/mol. The molecule has 9 heteroatoms. The van der Waals surface area contributed by atoms with E-state index in [-0.39, 0.29) is 23.4 Å². The largest absolute Gasteiger partial charge is 0.352 e. The van der Waals surface area contributed by atoms with Crippen molar-refractivity contribution < 1.29 is 18.0 Å². The smallest absolute Gasteiger partial charge is 0.264 e. The van der Waals surface area contributed by atoms with Gasteiger partial charge in [0.1, 0.15) is 12.6 Å². The summed E-state index contributed by atoms with van der Waals surface area (Å²) in [7, 11) is -4.09. The fraction of sp³-hybridized carbons (Fsp3) is 0.286. The van der Waals surface area contributed by atoms with E-state index in [1.54, 1.807) is 67.6 Å². The Hall–Kier alpha value is -3.36. The first kappa shape index (κ1) is 28.2. The number of anilines is 1. The molecule has 7 nitrogen and oxygen atoms in total. The Bertz CT molecular complexity index is 1350. The molecule has 0 aliphatic rings. The lowest BCUT2D eigenvalue weighted by Crippen LogP contribution is -2.52. The standard InChI is InChI=1S/C28H32ClN3O4S/c1-20(2)30-28(34)22(4)31(18-23-12-8-9-16-26(23)29)27(33)19-32(24-13-10-11-21(3)17-24)37(35,36)25-14-6-5-7-15-25/h5-17,20,22H,18-19H2,1-4H3,(H,30,34)/t22-/m1/s1. The van der Waals surface area contributed by atoms with Gasteiger partial charge in [-0.05, 0) is 69.2 Å². The van der Waals surface area contributed by atoms with Crippen LogP contribution in [0.2, 0.25) is 5.02 Å². The lowest BCUT2D eigenvalue weighted by atomic mass is 10.1. The fourth-order valence-electron chi connectivity index (χ4n) is 3.83. The maximum absolute atomic E-state index is 13.8. The molecule has 0 aromatic heterocycles. The molecule has 0 radical (unpaired) electrons. The number of carbonyl (C=O) groups excluding carboxylic acids is 2. The first-order valence-electron chi connectivity index (χ1n) is 12.0. The minimum Gasteiger partial charge on any atom is -0.352 e. The van der Waals surface area contributed by atoms with Gasteiger partial charge in [0, 0.05) is 17.6 Å². The number of aryl methyl sites for hydroxylation is 1. The Kier molecular flexibility index (Phi) is 9.34. The van der Waals surface area contributed by atoms with E-state index in [2.05, 4.69) is 5.32 Å². The number of hydrogen-bond acceptors (Lipinski definition) is 4. The van der Waals surface area contributed by atoms with Crippen LogP contribution in [0.15, 0.2) is 83.8 Å². The molecule has 0 aliphatic heterocycles. The molecule has 0 heterocycles. The van der Waals surface area contributed by atoms with Gasteiger partial charge in [0.25, 0.3) is 10.0 Å². The maximum Gasteiger partial charge on any atom is 0.264 e. The number of benzene rings is 3. The van der Waals surface area contributed by atoms with Crippen LogP contribution in [-0.2, 0) is 26.2 Å². The van der Waals surface area contributed by atoms with Gasteiger partial charge >= 0.3 is 0 Å². The summed E-state index contributed by atoms with van der Waals surface area (Å²) >= 11 is 6.37. The first-order valence-corrected chi connectivity index (χ1v) is 13.8. The molecule has 37 heavy (non-hydrogen) atoms. The van der Waals surface area contributed by atoms with Crippen molar-refractivity contribution in [2.24, 2.45) is 0 Å². The van der Waals surface area contributed by atoms with Crippen LogP contribution < -0.4 is 9.62 Å². The zero-order valence-corrected chi connectivity index (χ0v) is 23.0. The second-order valence-corrected chi connectivity index (χ2v) is 11.4. The van der Waals surface area contributed by atoms with Crippen LogP contribution in [0.25, 0.3) is 0 Å². The number of sulfonamides is 1. The van der Waals surface area contributed by atoms with Gasteiger partial charge in [0.15, 0.2) is 0 Å². The van der Waals surface area contributed by atoms with Crippen molar-refractivity contribution in [2.75, 3.05) is 10.8 Å². The maximum atomic E-state index is 13.8. The minimum atomic E-state index is -4.09. The lowest BCUT2D eigenvalue weighted by molar-refractivity contribution is -0.139. The summed E-state index contributed by atoms with van der Waals surface area (Å²) in [5.41, 5.74) is 1.85. The summed E-state index contributed by atoms with van der Waals surface area (Å²) < 4.78 is 28.5. The first-order chi connectivity index (χ1) is 17.5. The van der Waals surface area contributed by atoms with Gasteiger partial charge in [0.05, 0.1) is 10.6 Å². The van der Waals surface area contributed by atoms with E-state index < -0.39 is 28.5 Å². The molecule has 1 N–H and O–H groups in total. The summed E-state index contributed by atoms with van der Waals surface area (Å²) in [6.07, 6.45) is 0. The summed E-state index contributed by atoms with van der Waals surface area (Å²) in [4.78, 5) is 28.2. The molecule has 3 aromatic rings. The van der Waals surface area contributed by atoms with Crippen LogP contribution in [0.3, 0.4) is 0 Å². The van der Waals surface area contributed by atoms with Crippen molar-refractivity contribution in [1.29, 1.82) is 0 Å². The topological polar surface area (TPSA) is 86.8 Å². The molecule has 3 aromatic carbocycles. The van der Waals surface area contributed by atoms with Crippen molar-refractivity contribution in [1.82, 2.24) is 10.2 Å². The van der Waals surface area contributed by atoms with E-state index in [1.807, 2.05) is 26.8 Å². The normalized spacial score (nSPS) is 12.2. The highest BCUT2D eigenvalue weighted by molar-refractivity contribution is 7.92. The molecule has 0 saturated carbocycles. The van der Waals surface area contributed by atoms with Crippen molar-refractivity contribution >= 4 is 39.1 Å². The number of carbonyl (C=O) groups is 2. The number of rotatable bonds is 10. The molecule has 0 spiro atoms. The highest BCUT2D eigenvalue weighted by Crippen LogP contribution is 2.26. The van der Waals surface area contributed by atoms with Gasteiger partial charge in [-0.1, -0.05) is 60.1 Å². The fourth-order valence-corrected chi connectivity index (χ4v) is 5.45. The number of hydrogen-bond donors (Lipinski definition) is 1. The number of halogens is 1. The third kappa shape index (κ3) is 7.11. The van der Waals surface area contributed by atoms with E-state index in [0.29, 0.717) is 16.3 Å². The second-order valence-electron chi connectivity index (χ2n) is 9.12. The van der Waals surface area contributed by atoms with Gasteiger partial charge in [0.2, 0.25) is 11.8 Å². The van der Waals surface area contributed by atoms with Crippen molar-refractivity contribution in [2.45, 2.75) is 51.2 Å². The van der Waals surface area contributed by atoms with Gasteiger partial charge in [-0.2, -0.15) is 0 Å². The number of nitrogens with one attached hydrogen (secondary N) is 1. The Morgan fingerprint density at radius 3 is 2.19 bits per heavy atom. The Labute approximate surface area is 224 Å². The summed E-state index contributed by atoms with van der Waals surface area (Å²) in [5.74, 6) is -0.879. The highest BCUT2D eigenvalue weighted by Gasteiger charge is 2.32. The quantitative estimate of drug-likeness (QED) is 0.400. The second kappa shape index (κ2) is 12.3. The lowest BCUT2D eigenvalue weighted by Gasteiger charge is -2.32. The monoisotopic (exact) mass is 541 g/mol. The van der Waals surface area contributed by atoms with E-state index in [1.165, 1.54) is 17.0 Å². The SMILES string of the molecule is Cc1cccc(N(CC(=O)N(Cc2ccccc2Cl)[C@H](C)C(=O)NC(C)C)S(=O)(=O)c2ccccc2)c1. The zero-order valence-electron chi connectivity index (χ0n) is 21.4. The van der Waals surface area contributed by atoms with Crippen LogP contribution in [0.4, 0.5) is 5.69 Å². The Morgan fingerprint density at radius 2 is 1.57 bits per heavy atom. The van der Waals surface area contributed by atoms with Gasteiger partial charge in [-0.3, -0.25) is 13.9 Å². The average molecular weight is 542 g/mol. The van der Waals surface area contributed by atoms with Crippen LogP contribution in [0.1, 0.15) is 31.9 Å². The van der Waals surface area contributed by atoms with Crippen LogP contribution >= 0.6 is 11.6 Å². The van der Waals surface area contributed by atoms with Gasteiger partial charge in [-0.25, -0.2) is 8.42 Å². The number of nitrogens with zero attached hydrogens (tertiary/aromatic N) is 2. The van der Waals surface area contributed by atoms with E-state index in [4.69, 9.17) is 11.6 Å². The van der Waals surface area contributed by atoms with Crippen LogP contribution in [-0.4, -0.2) is 43.8 Å². The third-order valence-corrected chi connectivity index (χ3v) is 7.95. The van der Waals surface area contributed by atoms with Crippen molar-refractivity contribution in [3.63, 3.8) is 0 Å². The molecular formula is C28H32ClN3O4S. The van der Waals surface area contributed by atoms with E-state index in [9.17, 15) is 18.0 Å². The molecule has 0 fully saturated rings. The molecule has 1 atom stereocenters. The predicted octanol–water partition coefficient (Wildman–Crippen LogP) is 4.79. The summed E-state index contributed by atoms with van der Waals surface area (Å²) in [5, 5.41) is 3.28. The minimum absolute atomic E-state index is 0.0399. The molecule has 0 unspecified atom stereocenters. The highest BCUT2D eigenvalue weighted by atomic mass is 35.5. The van der Waals surface area contributed by atoms with Crippen LogP contribution in [0.5, 0.6) is 0 Å². The van der Waals surface area contributed by atoms with Crippen molar-refractivity contribution in [3.05, 3.63) is 95.0 Å². The average Bonchev–Trinajstić information content (AvgIpc) is 2.86. The molecule has 196 valence electrons. The molecule has 0 saturated heterocycles.